The van der Waals surface area contributed by atoms with Crippen molar-refractivity contribution in [2.24, 2.45) is 0 Å². The third-order valence-corrected chi connectivity index (χ3v) is 4.94. The van der Waals surface area contributed by atoms with Crippen molar-refractivity contribution >= 4 is 5.91 Å². The SMILES string of the molecule is CCOc1ccccc1C(=O)NC1CCN(Cc2ccccc2OC)CC1. The van der Waals surface area contributed by atoms with E-state index in [2.05, 4.69) is 16.3 Å². The van der Waals surface area contributed by atoms with E-state index in [-0.39, 0.29) is 11.9 Å². The Bertz CT molecular complexity index is 755. The molecule has 2 aromatic rings. The standard InChI is InChI=1S/C22H28N2O3/c1-3-27-21-11-7-5-9-19(21)22(25)23-18-12-14-24(15-13-18)16-17-8-4-6-10-20(17)26-2/h4-11,18H,3,12-16H2,1-2H3,(H,23,25). The minimum atomic E-state index is -0.0535. The Kier molecular flexibility index (Phi) is 6.71. The molecule has 0 spiro atoms. The number of nitrogens with zero attached hydrogens (tertiary/aromatic N) is 1. The van der Waals surface area contributed by atoms with E-state index in [1.165, 1.54) is 5.56 Å². The molecule has 0 bridgehead atoms. The fourth-order valence-corrected chi connectivity index (χ4v) is 3.51. The van der Waals surface area contributed by atoms with Gasteiger partial charge in [0.15, 0.2) is 0 Å². The predicted octanol–water partition coefficient (Wildman–Crippen LogP) is 3.49. The molecule has 2 aromatic carbocycles. The van der Waals surface area contributed by atoms with E-state index in [1.54, 1.807) is 7.11 Å². The van der Waals surface area contributed by atoms with Crippen LogP contribution in [0.4, 0.5) is 0 Å². The summed E-state index contributed by atoms with van der Waals surface area (Å²) < 4.78 is 11.0. The summed E-state index contributed by atoms with van der Waals surface area (Å²) in [5, 5.41) is 3.17. The van der Waals surface area contributed by atoms with Crippen molar-refractivity contribution in [2.75, 3.05) is 26.8 Å². The number of methoxy groups -OCH3 is 1. The van der Waals surface area contributed by atoms with Gasteiger partial charge in [-0.1, -0.05) is 30.3 Å². The van der Waals surface area contributed by atoms with E-state index >= 15 is 0 Å². The van der Waals surface area contributed by atoms with E-state index in [1.807, 2.05) is 49.4 Å². The van der Waals surface area contributed by atoms with Crippen molar-refractivity contribution in [1.82, 2.24) is 10.2 Å². The normalized spacial score (nSPS) is 15.3. The molecule has 1 fully saturated rings. The Hall–Kier alpha value is -2.53. The molecule has 0 radical (unpaired) electrons. The monoisotopic (exact) mass is 368 g/mol. The Morgan fingerprint density at radius 2 is 1.74 bits per heavy atom. The van der Waals surface area contributed by atoms with Crippen LogP contribution in [0.2, 0.25) is 0 Å². The van der Waals surface area contributed by atoms with Crippen molar-refractivity contribution in [3.8, 4) is 11.5 Å². The molecular formula is C22H28N2O3. The van der Waals surface area contributed by atoms with Crippen LogP contribution in [0.3, 0.4) is 0 Å². The first-order valence-corrected chi connectivity index (χ1v) is 9.58. The molecule has 0 aliphatic carbocycles. The van der Waals surface area contributed by atoms with Crippen LogP contribution < -0.4 is 14.8 Å². The molecule has 1 N–H and O–H groups in total. The van der Waals surface area contributed by atoms with Crippen LogP contribution in [-0.2, 0) is 6.54 Å². The van der Waals surface area contributed by atoms with E-state index < -0.39 is 0 Å². The van der Waals surface area contributed by atoms with Gasteiger partial charge in [0.2, 0.25) is 0 Å². The molecule has 3 rings (SSSR count). The highest BCUT2D eigenvalue weighted by molar-refractivity contribution is 5.97. The highest BCUT2D eigenvalue weighted by atomic mass is 16.5. The molecule has 0 unspecified atom stereocenters. The number of likely N-dealkylation sites (tertiary alicyclic amines) is 1. The number of carbonyl (C=O) groups excluding carboxylic acids is 1. The molecule has 5 heteroatoms. The summed E-state index contributed by atoms with van der Waals surface area (Å²) in [6, 6.07) is 15.7. The second-order valence-corrected chi connectivity index (χ2v) is 6.76. The van der Waals surface area contributed by atoms with Crippen molar-refractivity contribution < 1.29 is 14.3 Å². The minimum absolute atomic E-state index is 0.0535. The van der Waals surface area contributed by atoms with Gasteiger partial charge in [0, 0.05) is 31.2 Å². The molecule has 5 nitrogen and oxygen atoms in total. The molecule has 144 valence electrons. The van der Waals surface area contributed by atoms with E-state index in [4.69, 9.17) is 9.47 Å². The van der Waals surface area contributed by atoms with Crippen LogP contribution >= 0.6 is 0 Å². The van der Waals surface area contributed by atoms with Crippen molar-refractivity contribution in [2.45, 2.75) is 32.4 Å². The largest absolute Gasteiger partial charge is 0.496 e. The summed E-state index contributed by atoms with van der Waals surface area (Å²) in [5.41, 5.74) is 1.81. The number of ether oxygens (including phenoxy) is 2. The first-order chi connectivity index (χ1) is 13.2. The van der Waals surface area contributed by atoms with Gasteiger partial charge in [-0.3, -0.25) is 9.69 Å². The van der Waals surface area contributed by atoms with Crippen molar-refractivity contribution in [1.29, 1.82) is 0 Å². The fourth-order valence-electron chi connectivity index (χ4n) is 3.51. The summed E-state index contributed by atoms with van der Waals surface area (Å²) >= 11 is 0. The van der Waals surface area contributed by atoms with Crippen molar-refractivity contribution in [3.05, 3.63) is 59.7 Å². The lowest BCUT2D eigenvalue weighted by Gasteiger charge is -2.32. The van der Waals surface area contributed by atoms with Gasteiger partial charge >= 0.3 is 0 Å². The summed E-state index contributed by atoms with van der Waals surface area (Å²) in [6.07, 6.45) is 1.88. The number of piperidine rings is 1. The minimum Gasteiger partial charge on any atom is -0.496 e. The molecular weight excluding hydrogens is 340 g/mol. The lowest BCUT2D eigenvalue weighted by molar-refractivity contribution is 0.0905. The molecule has 1 aliphatic rings. The number of nitrogens with one attached hydrogen (secondary N) is 1. The lowest BCUT2D eigenvalue weighted by Crippen LogP contribution is -2.44. The fraction of sp³-hybridized carbons (Fsp3) is 0.409. The van der Waals surface area contributed by atoms with Crippen LogP contribution in [0.5, 0.6) is 11.5 Å². The molecule has 0 saturated carbocycles. The zero-order valence-corrected chi connectivity index (χ0v) is 16.1. The maximum absolute atomic E-state index is 12.6. The Balaban J connectivity index is 1.53. The number of rotatable bonds is 7. The molecule has 0 atom stereocenters. The van der Waals surface area contributed by atoms with Crippen LogP contribution in [0.15, 0.2) is 48.5 Å². The zero-order valence-electron chi connectivity index (χ0n) is 16.1. The van der Waals surface area contributed by atoms with Gasteiger partial charge in [0.25, 0.3) is 5.91 Å². The first-order valence-electron chi connectivity index (χ1n) is 9.58. The van der Waals surface area contributed by atoms with Gasteiger partial charge in [0.1, 0.15) is 11.5 Å². The van der Waals surface area contributed by atoms with Crippen LogP contribution in [-0.4, -0.2) is 43.7 Å². The number of carbonyl (C=O) groups is 1. The van der Waals surface area contributed by atoms with Gasteiger partial charge in [0.05, 0.1) is 19.3 Å². The van der Waals surface area contributed by atoms with Gasteiger partial charge in [-0.2, -0.15) is 0 Å². The summed E-state index contributed by atoms with van der Waals surface area (Å²) in [7, 11) is 1.71. The number of para-hydroxylation sites is 2. The van der Waals surface area contributed by atoms with Crippen LogP contribution in [0.1, 0.15) is 35.7 Å². The first kappa shape index (κ1) is 19.2. The number of benzene rings is 2. The lowest BCUT2D eigenvalue weighted by atomic mass is 10.0. The maximum atomic E-state index is 12.6. The molecule has 1 amide bonds. The van der Waals surface area contributed by atoms with Gasteiger partial charge in [-0.25, -0.2) is 0 Å². The maximum Gasteiger partial charge on any atom is 0.255 e. The Labute approximate surface area is 161 Å². The topological polar surface area (TPSA) is 50.8 Å². The number of amides is 1. The average Bonchev–Trinajstić information content (AvgIpc) is 2.70. The quantitative estimate of drug-likeness (QED) is 0.813. The molecule has 27 heavy (non-hydrogen) atoms. The summed E-state index contributed by atoms with van der Waals surface area (Å²) in [4.78, 5) is 15.1. The van der Waals surface area contributed by atoms with E-state index in [0.29, 0.717) is 17.9 Å². The third kappa shape index (κ3) is 5.01. The van der Waals surface area contributed by atoms with E-state index in [0.717, 1.165) is 38.2 Å². The van der Waals surface area contributed by atoms with Gasteiger partial charge in [-0.15, -0.1) is 0 Å². The Morgan fingerprint density at radius 3 is 2.44 bits per heavy atom. The molecule has 1 saturated heterocycles. The van der Waals surface area contributed by atoms with Crippen molar-refractivity contribution in [3.63, 3.8) is 0 Å². The highest BCUT2D eigenvalue weighted by Gasteiger charge is 2.23. The molecule has 0 aromatic heterocycles. The zero-order chi connectivity index (χ0) is 19.1. The van der Waals surface area contributed by atoms with E-state index in [9.17, 15) is 4.79 Å². The summed E-state index contributed by atoms with van der Waals surface area (Å²) in [6.45, 7) is 5.25. The highest BCUT2D eigenvalue weighted by Crippen LogP contribution is 2.22. The molecule has 1 heterocycles. The average molecular weight is 368 g/mol. The van der Waals surface area contributed by atoms with Gasteiger partial charge in [-0.05, 0) is 38.0 Å². The second-order valence-electron chi connectivity index (χ2n) is 6.76. The predicted molar refractivity (Wildman–Crippen MR) is 106 cm³/mol. The summed E-state index contributed by atoms with van der Waals surface area (Å²) in [5.74, 6) is 1.52. The Morgan fingerprint density at radius 1 is 1.07 bits per heavy atom. The van der Waals surface area contributed by atoms with Crippen LogP contribution in [0.25, 0.3) is 0 Å². The second kappa shape index (κ2) is 9.42. The molecule has 1 aliphatic heterocycles. The number of hydrogen-bond donors (Lipinski definition) is 1. The number of hydrogen-bond acceptors (Lipinski definition) is 4. The van der Waals surface area contributed by atoms with Gasteiger partial charge < -0.3 is 14.8 Å². The van der Waals surface area contributed by atoms with Crippen LogP contribution in [0, 0.1) is 0 Å². The smallest absolute Gasteiger partial charge is 0.255 e. The third-order valence-electron chi connectivity index (χ3n) is 4.94.